The first-order valence-electron chi connectivity index (χ1n) is 12.9. The lowest BCUT2D eigenvalue weighted by atomic mass is 9.95. The van der Waals surface area contributed by atoms with Crippen LogP contribution in [0.4, 0.5) is 24.5 Å². The molecular formula is C27H32ClF3N4O4S. The Balaban J connectivity index is 1.59. The maximum absolute atomic E-state index is 14.1. The van der Waals surface area contributed by atoms with E-state index >= 15 is 0 Å². The Kier molecular flexibility index (Phi) is 9.13. The second-order valence-corrected chi connectivity index (χ2v) is 12.8. The minimum Gasteiger partial charge on any atom is -0.370 e. The average Bonchev–Trinajstić information content (AvgIpc) is 3.62. The number of hydrogen-bond acceptors (Lipinski definition) is 6. The summed E-state index contributed by atoms with van der Waals surface area (Å²) in [5.41, 5.74) is -1.56. The quantitative estimate of drug-likeness (QED) is 0.421. The number of nitrogens with zero attached hydrogens (tertiary/aromatic N) is 2. The smallest absolute Gasteiger partial charge is 0.370 e. The van der Waals surface area contributed by atoms with Crippen LogP contribution in [0.25, 0.3) is 0 Å². The van der Waals surface area contributed by atoms with Gasteiger partial charge in [0, 0.05) is 31.4 Å². The first-order chi connectivity index (χ1) is 18.7. The molecule has 40 heavy (non-hydrogen) atoms. The summed E-state index contributed by atoms with van der Waals surface area (Å²) in [5.74, 6) is -1.50. The molecule has 1 saturated heterocycles. The van der Waals surface area contributed by atoms with Gasteiger partial charge in [0.2, 0.25) is 5.91 Å². The zero-order valence-electron chi connectivity index (χ0n) is 22.4. The molecule has 13 heteroatoms. The van der Waals surface area contributed by atoms with E-state index in [9.17, 15) is 27.6 Å². The van der Waals surface area contributed by atoms with E-state index in [-0.39, 0.29) is 55.0 Å². The second-order valence-electron chi connectivity index (χ2n) is 11.1. The number of halogens is 4. The molecule has 0 spiro atoms. The van der Waals surface area contributed by atoms with Crippen LogP contribution in [0.15, 0.2) is 30.3 Å². The van der Waals surface area contributed by atoms with Gasteiger partial charge in [-0.2, -0.15) is 13.2 Å². The van der Waals surface area contributed by atoms with E-state index in [1.165, 1.54) is 12.1 Å². The maximum atomic E-state index is 14.1. The van der Waals surface area contributed by atoms with Gasteiger partial charge < -0.3 is 20.3 Å². The summed E-state index contributed by atoms with van der Waals surface area (Å²) >= 11 is 7.06. The first-order valence-corrected chi connectivity index (χ1v) is 14.1. The van der Waals surface area contributed by atoms with Crippen molar-refractivity contribution in [3.8, 4) is 0 Å². The number of rotatable bonds is 9. The number of carbonyl (C=O) groups excluding carboxylic acids is 3. The maximum Gasteiger partial charge on any atom is 0.418 e. The number of benzene rings is 1. The minimum absolute atomic E-state index is 0.00596. The van der Waals surface area contributed by atoms with E-state index in [4.69, 9.17) is 16.3 Å². The van der Waals surface area contributed by atoms with E-state index in [1.807, 2.05) is 25.7 Å². The molecule has 1 aromatic carbocycles. The average molecular weight is 601 g/mol. The summed E-state index contributed by atoms with van der Waals surface area (Å²) in [6, 6.07) is 5.86. The lowest BCUT2D eigenvalue weighted by molar-refractivity contribution is -0.137. The van der Waals surface area contributed by atoms with Crippen molar-refractivity contribution >= 4 is 52.0 Å². The molecule has 2 heterocycles. The van der Waals surface area contributed by atoms with E-state index in [0.29, 0.717) is 15.8 Å². The number of carbonyl (C=O) groups is 3. The predicted octanol–water partition coefficient (Wildman–Crippen LogP) is 5.03. The highest BCUT2D eigenvalue weighted by Gasteiger charge is 2.40. The van der Waals surface area contributed by atoms with Crippen molar-refractivity contribution in [1.29, 1.82) is 0 Å². The zero-order valence-corrected chi connectivity index (χ0v) is 24.0. The Labute approximate surface area is 239 Å². The van der Waals surface area contributed by atoms with Crippen LogP contribution >= 0.6 is 22.9 Å². The molecule has 1 saturated carbocycles. The minimum atomic E-state index is -4.77. The second kappa shape index (κ2) is 12.1. The van der Waals surface area contributed by atoms with Gasteiger partial charge in [-0.3, -0.25) is 19.3 Å². The van der Waals surface area contributed by atoms with Crippen molar-refractivity contribution in [2.45, 2.75) is 51.9 Å². The Bertz CT molecular complexity index is 1260. The Morgan fingerprint density at radius 2 is 1.93 bits per heavy atom. The Morgan fingerprint density at radius 3 is 2.50 bits per heavy atom. The molecule has 2 fully saturated rings. The number of nitrogens with one attached hydrogen (secondary N) is 2. The van der Waals surface area contributed by atoms with Crippen LogP contribution in [0.2, 0.25) is 4.34 Å². The fraction of sp³-hybridized carbons (Fsp3) is 0.519. The topological polar surface area (TPSA) is 91.0 Å². The molecule has 8 nitrogen and oxygen atoms in total. The summed E-state index contributed by atoms with van der Waals surface area (Å²) in [6.45, 7) is 6.42. The molecule has 1 atom stereocenters. The van der Waals surface area contributed by atoms with Crippen molar-refractivity contribution in [1.82, 2.24) is 10.2 Å². The molecule has 3 amide bonds. The summed E-state index contributed by atoms with van der Waals surface area (Å²) < 4.78 is 47.7. The third-order valence-electron chi connectivity index (χ3n) is 6.47. The highest BCUT2D eigenvalue weighted by molar-refractivity contribution is 7.18. The van der Waals surface area contributed by atoms with Crippen molar-refractivity contribution < 1.29 is 32.3 Å². The molecule has 0 radical (unpaired) electrons. The molecule has 0 unspecified atom stereocenters. The molecule has 1 aliphatic heterocycles. The summed E-state index contributed by atoms with van der Waals surface area (Å²) in [5, 5.41) is 5.43. The highest BCUT2D eigenvalue weighted by atomic mass is 35.5. The lowest BCUT2D eigenvalue weighted by Crippen LogP contribution is -2.53. The van der Waals surface area contributed by atoms with Crippen LogP contribution in [0.3, 0.4) is 0 Å². The van der Waals surface area contributed by atoms with Crippen LogP contribution < -0.4 is 15.5 Å². The van der Waals surface area contributed by atoms with E-state index in [1.54, 1.807) is 12.1 Å². The lowest BCUT2D eigenvalue weighted by Gasteiger charge is -2.36. The van der Waals surface area contributed by atoms with E-state index in [2.05, 4.69) is 10.6 Å². The number of hydrogen-bond donors (Lipinski definition) is 2. The van der Waals surface area contributed by atoms with Gasteiger partial charge >= 0.3 is 6.18 Å². The number of morpholine rings is 1. The van der Waals surface area contributed by atoms with Gasteiger partial charge in [-0.05, 0) is 48.6 Å². The fourth-order valence-electron chi connectivity index (χ4n) is 4.60. The van der Waals surface area contributed by atoms with Gasteiger partial charge in [-0.15, -0.1) is 11.3 Å². The van der Waals surface area contributed by atoms with Crippen LogP contribution in [0, 0.1) is 5.41 Å². The molecule has 1 aromatic heterocycles. The molecule has 2 aromatic rings. The third kappa shape index (κ3) is 7.74. The van der Waals surface area contributed by atoms with Gasteiger partial charge in [-0.1, -0.05) is 32.4 Å². The molecule has 2 N–H and O–H groups in total. The van der Waals surface area contributed by atoms with E-state index in [0.717, 1.165) is 35.1 Å². The zero-order chi connectivity index (χ0) is 29.2. The standard InChI is InChI=1S/C27H32ClF3N4O4S/c1-26(2,3)15-35(17-5-6-17)20(13-32-25(38)21-8-9-22(28)40-21)24(37)33-16-4-7-19(18(12-16)27(29,30)31)34-10-11-39-14-23(34)36/h4,7-9,12,17,20H,5-6,10-11,13-15H2,1-3H3,(H,32,38)(H,33,37)/t20-/m0/s1. The molecular weight excluding hydrogens is 569 g/mol. The highest BCUT2D eigenvalue weighted by Crippen LogP contribution is 2.39. The van der Waals surface area contributed by atoms with Crippen LogP contribution in [-0.2, 0) is 20.5 Å². The number of thiophene rings is 1. The van der Waals surface area contributed by atoms with E-state index < -0.39 is 29.6 Å². The van der Waals surface area contributed by atoms with Gasteiger partial charge in [-0.25, -0.2) is 0 Å². The number of anilines is 2. The van der Waals surface area contributed by atoms with Gasteiger partial charge in [0.15, 0.2) is 0 Å². The predicted molar refractivity (Wildman–Crippen MR) is 148 cm³/mol. The fourth-order valence-corrected chi connectivity index (χ4v) is 5.56. The van der Waals surface area contributed by atoms with Gasteiger partial charge in [0.05, 0.1) is 27.1 Å². The molecule has 218 valence electrons. The van der Waals surface area contributed by atoms with Gasteiger partial charge in [0.25, 0.3) is 11.8 Å². The first kappa shape index (κ1) is 30.3. The van der Waals surface area contributed by atoms with Crippen molar-refractivity contribution in [3.05, 3.63) is 45.1 Å². The summed E-state index contributed by atoms with van der Waals surface area (Å²) in [6.07, 6.45) is -3.00. The van der Waals surface area contributed by atoms with Crippen LogP contribution in [0.1, 0.15) is 48.8 Å². The van der Waals surface area contributed by atoms with Crippen LogP contribution in [0.5, 0.6) is 0 Å². The molecule has 1 aliphatic carbocycles. The monoisotopic (exact) mass is 600 g/mol. The Morgan fingerprint density at radius 1 is 1.20 bits per heavy atom. The van der Waals surface area contributed by atoms with Crippen molar-refractivity contribution in [3.63, 3.8) is 0 Å². The van der Waals surface area contributed by atoms with Crippen molar-refractivity contribution in [2.75, 3.05) is 43.1 Å². The number of amides is 3. The molecule has 2 aliphatic rings. The summed E-state index contributed by atoms with van der Waals surface area (Å²) in [7, 11) is 0. The normalized spacial score (nSPS) is 17.2. The van der Waals surface area contributed by atoms with Gasteiger partial charge in [0.1, 0.15) is 12.6 Å². The largest absolute Gasteiger partial charge is 0.418 e. The molecule has 4 rings (SSSR count). The molecule has 0 bridgehead atoms. The SMILES string of the molecule is CC(C)(C)CN(C1CC1)[C@@H](CNC(=O)c1ccc(Cl)s1)C(=O)Nc1ccc(N2CCOCC2=O)c(C(F)(F)F)c1. The summed E-state index contributed by atoms with van der Waals surface area (Å²) in [4.78, 5) is 42.1. The van der Waals surface area contributed by atoms with Crippen LogP contribution in [-0.4, -0.2) is 67.6 Å². The number of ether oxygens (including phenoxy) is 1. The number of alkyl halides is 3. The van der Waals surface area contributed by atoms with Crippen molar-refractivity contribution in [2.24, 2.45) is 5.41 Å². The Hall–Kier alpha value is -2.67. The third-order valence-corrected chi connectivity index (χ3v) is 7.70.